The molecule has 0 N–H and O–H groups in total. The molecule has 26 heavy (non-hydrogen) atoms. The van der Waals surface area contributed by atoms with Gasteiger partial charge in [-0.3, -0.25) is 0 Å². The highest BCUT2D eigenvalue weighted by Crippen LogP contribution is 2.43. The van der Waals surface area contributed by atoms with Gasteiger partial charge in [-0.2, -0.15) is 10.2 Å². The fraction of sp³-hybridized carbons (Fsp3) is 0.800. The average Bonchev–Trinajstić information content (AvgIpc) is 3.17. The summed E-state index contributed by atoms with van der Waals surface area (Å²) in [5.41, 5.74) is 0.459. The molecule has 3 atom stereocenters. The predicted molar refractivity (Wildman–Crippen MR) is 101 cm³/mol. The molecule has 6 nitrogen and oxygen atoms in total. The van der Waals surface area contributed by atoms with Gasteiger partial charge in [0, 0.05) is 25.3 Å². The quantitative estimate of drug-likeness (QED) is 0.780. The second-order valence-electron chi connectivity index (χ2n) is 10.3. The second-order valence-corrected chi connectivity index (χ2v) is 10.3. The third-order valence-electron chi connectivity index (χ3n) is 6.34. The van der Waals surface area contributed by atoms with Gasteiger partial charge >= 0.3 is 0 Å². The Morgan fingerprint density at radius 1 is 1.04 bits per heavy atom. The number of aryl methyl sites for hydroxylation is 1. The van der Waals surface area contributed by atoms with Crippen LogP contribution in [0.15, 0.2) is 6.33 Å². The third-order valence-corrected chi connectivity index (χ3v) is 6.34. The van der Waals surface area contributed by atoms with Crippen LogP contribution in [-0.2, 0) is 19.4 Å². The summed E-state index contributed by atoms with van der Waals surface area (Å²) in [6.45, 7) is 14.9. The van der Waals surface area contributed by atoms with Crippen molar-refractivity contribution >= 4 is 0 Å². The molecule has 2 aliphatic rings. The van der Waals surface area contributed by atoms with E-state index >= 15 is 0 Å². The van der Waals surface area contributed by atoms with E-state index in [9.17, 15) is 0 Å². The van der Waals surface area contributed by atoms with Crippen LogP contribution in [0.1, 0.15) is 83.8 Å². The predicted octanol–water partition coefficient (Wildman–Crippen LogP) is 3.80. The summed E-state index contributed by atoms with van der Waals surface area (Å²) in [6.07, 6.45) is 5.87. The molecule has 2 aromatic rings. The fourth-order valence-corrected chi connectivity index (χ4v) is 4.48. The monoisotopic (exact) mass is 356 g/mol. The summed E-state index contributed by atoms with van der Waals surface area (Å²) < 4.78 is 4.31. The van der Waals surface area contributed by atoms with E-state index in [1.165, 1.54) is 12.2 Å². The van der Waals surface area contributed by atoms with E-state index in [0.717, 1.165) is 37.5 Å². The van der Waals surface area contributed by atoms with Crippen LogP contribution in [0.25, 0.3) is 0 Å². The number of hydrogen-bond donors (Lipinski definition) is 0. The first kappa shape index (κ1) is 17.7. The van der Waals surface area contributed by atoms with Crippen LogP contribution in [-0.4, -0.2) is 29.5 Å². The lowest BCUT2D eigenvalue weighted by Crippen LogP contribution is -2.33. The number of nitrogens with zero attached hydrogens (tertiary/aromatic N) is 6. The lowest BCUT2D eigenvalue weighted by atomic mass is 9.77. The Morgan fingerprint density at radius 2 is 1.81 bits per heavy atom. The van der Waals surface area contributed by atoms with Gasteiger partial charge in [0.2, 0.25) is 0 Å². The highest BCUT2D eigenvalue weighted by Gasteiger charge is 2.38. The van der Waals surface area contributed by atoms with E-state index < -0.39 is 0 Å². The van der Waals surface area contributed by atoms with Gasteiger partial charge in [-0.25, -0.2) is 19.3 Å². The Bertz CT molecular complexity index is 788. The minimum Gasteiger partial charge on any atom is -0.250 e. The number of aromatic nitrogens is 6. The summed E-state index contributed by atoms with van der Waals surface area (Å²) in [5, 5.41) is 9.45. The first-order valence-electron chi connectivity index (χ1n) is 9.95. The van der Waals surface area contributed by atoms with Crippen molar-refractivity contribution in [2.24, 2.45) is 16.7 Å². The first-order valence-corrected chi connectivity index (χ1v) is 9.95. The van der Waals surface area contributed by atoms with Gasteiger partial charge in [-0.15, -0.1) is 0 Å². The van der Waals surface area contributed by atoms with Crippen LogP contribution in [0.4, 0.5) is 0 Å². The van der Waals surface area contributed by atoms with Crippen molar-refractivity contribution in [2.45, 2.75) is 85.7 Å². The van der Waals surface area contributed by atoms with Crippen LogP contribution in [0.3, 0.4) is 0 Å². The van der Waals surface area contributed by atoms with Crippen LogP contribution < -0.4 is 0 Å². The van der Waals surface area contributed by atoms with Gasteiger partial charge in [-0.05, 0) is 29.6 Å². The van der Waals surface area contributed by atoms with E-state index in [2.05, 4.69) is 61.0 Å². The molecule has 0 aromatic carbocycles. The zero-order valence-electron chi connectivity index (χ0n) is 17.0. The Morgan fingerprint density at radius 3 is 2.50 bits per heavy atom. The largest absolute Gasteiger partial charge is 0.250 e. The molecular formula is C20H32N6. The summed E-state index contributed by atoms with van der Waals surface area (Å²) in [6, 6.07) is 0.335. The van der Waals surface area contributed by atoms with Gasteiger partial charge < -0.3 is 0 Å². The maximum atomic E-state index is 4.96. The van der Waals surface area contributed by atoms with Crippen molar-refractivity contribution in [3.8, 4) is 0 Å². The Labute approximate surface area is 156 Å². The number of fused-ring (bicyclic) bond motifs is 2. The van der Waals surface area contributed by atoms with Crippen molar-refractivity contribution in [2.75, 3.05) is 0 Å². The van der Waals surface area contributed by atoms with Crippen LogP contribution in [0, 0.1) is 16.7 Å². The molecule has 2 aromatic heterocycles. The summed E-state index contributed by atoms with van der Waals surface area (Å²) in [7, 11) is 0. The molecule has 0 aliphatic carbocycles. The number of hydrogen-bond acceptors (Lipinski definition) is 4. The van der Waals surface area contributed by atoms with E-state index in [4.69, 9.17) is 10.1 Å². The molecule has 0 saturated heterocycles. The van der Waals surface area contributed by atoms with Crippen LogP contribution in [0.5, 0.6) is 0 Å². The lowest BCUT2D eigenvalue weighted by Gasteiger charge is -2.37. The number of rotatable bonds is 1. The van der Waals surface area contributed by atoms with Gasteiger partial charge in [0.15, 0.2) is 5.82 Å². The smallest absolute Gasteiger partial charge is 0.154 e. The summed E-state index contributed by atoms with van der Waals surface area (Å²) in [5.74, 6) is 4.25. The first-order chi connectivity index (χ1) is 12.1. The SMILES string of the molecule is CC(C)(C)C1CCc2nc(C3Cc4ncnn4C(C(C)(C)C)C3)nn2C1. The van der Waals surface area contributed by atoms with Crippen molar-refractivity contribution in [3.63, 3.8) is 0 Å². The van der Waals surface area contributed by atoms with Crippen molar-refractivity contribution in [1.29, 1.82) is 0 Å². The minimum absolute atomic E-state index is 0.137. The molecule has 4 rings (SSSR count). The summed E-state index contributed by atoms with van der Waals surface area (Å²) >= 11 is 0. The van der Waals surface area contributed by atoms with Crippen molar-refractivity contribution in [3.05, 3.63) is 23.8 Å². The molecule has 0 fully saturated rings. The zero-order valence-corrected chi connectivity index (χ0v) is 17.0. The molecule has 2 aliphatic heterocycles. The maximum Gasteiger partial charge on any atom is 0.154 e. The van der Waals surface area contributed by atoms with Gasteiger partial charge in [0.25, 0.3) is 0 Å². The van der Waals surface area contributed by atoms with Crippen molar-refractivity contribution in [1.82, 2.24) is 29.5 Å². The molecule has 3 unspecified atom stereocenters. The molecule has 0 saturated carbocycles. The van der Waals surface area contributed by atoms with Gasteiger partial charge in [0.1, 0.15) is 18.0 Å². The molecule has 4 heterocycles. The zero-order chi connectivity index (χ0) is 18.7. The molecule has 0 bridgehead atoms. The van der Waals surface area contributed by atoms with E-state index in [1.807, 2.05) is 0 Å². The third kappa shape index (κ3) is 3.08. The lowest BCUT2D eigenvalue weighted by molar-refractivity contribution is 0.169. The standard InChI is InChI=1S/C20H32N6/c1-19(2,3)14-7-8-16-23-18(24-25(16)11-14)13-9-15(20(4,5)6)26-17(10-13)21-12-22-26/h12-15H,7-11H2,1-6H3. The molecule has 6 heteroatoms. The molecule has 0 amide bonds. The molecule has 0 radical (unpaired) electrons. The average molecular weight is 357 g/mol. The van der Waals surface area contributed by atoms with Crippen LogP contribution in [0.2, 0.25) is 0 Å². The van der Waals surface area contributed by atoms with Gasteiger partial charge in [-0.1, -0.05) is 41.5 Å². The molecular weight excluding hydrogens is 324 g/mol. The maximum absolute atomic E-state index is 4.96. The topological polar surface area (TPSA) is 61.4 Å². The Kier molecular flexibility index (Phi) is 4.01. The van der Waals surface area contributed by atoms with E-state index in [1.54, 1.807) is 6.33 Å². The van der Waals surface area contributed by atoms with Crippen molar-refractivity contribution < 1.29 is 0 Å². The molecule has 0 spiro atoms. The molecule has 142 valence electrons. The van der Waals surface area contributed by atoms with Gasteiger partial charge in [0.05, 0.1) is 6.04 Å². The highest BCUT2D eigenvalue weighted by atomic mass is 15.4. The normalized spacial score (nSPS) is 26.5. The minimum atomic E-state index is 0.137. The second kappa shape index (κ2) is 5.89. The Hall–Kier alpha value is -1.72. The van der Waals surface area contributed by atoms with Crippen LogP contribution >= 0.6 is 0 Å². The highest BCUT2D eigenvalue weighted by molar-refractivity contribution is 5.10. The Balaban J connectivity index is 1.61. The summed E-state index contributed by atoms with van der Waals surface area (Å²) in [4.78, 5) is 9.47. The van der Waals surface area contributed by atoms with E-state index in [-0.39, 0.29) is 5.41 Å². The fourth-order valence-electron chi connectivity index (χ4n) is 4.48. The van der Waals surface area contributed by atoms with E-state index in [0.29, 0.717) is 23.3 Å².